The van der Waals surface area contributed by atoms with Crippen molar-refractivity contribution >= 4 is 5.82 Å². The van der Waals surface area contributed by atoms with Crippen LogP contribution in [0.5, 0.6) is 0 Å². The molecule has 3 rings (SSSR count). The first-order valence-electron chi connectivity index (χ1n) is 6.80. The number of benzene rings is 1. The molecular weight excluding hydrogens is 291 g/mol. The fourth-order valence-electron chi connectivity index (χ4n) is 2.86. The summed E-state index contributed by atoms with van der Waals surface area (Å²) in [6.45, 7) is 0. The summed E-state index contributed by atoms with van der Waals surface area (Å²) >= 11 is 0. The smallest absolute Gasteiger partial charge is 0.383 e. The van der Waals surface area contributed by atoms with Gasteiger partial charge in [-0.2, -0.15) is 18.4 Å². The van der Waals surface area contributed by atoms with Crippen LogP contribution in [0.4, 0.5) is 19.0 Å². The lowest BCUT2D eigenvalue weighted by Crippen LogP contribution is -2.05. The van der Waals surface area contributed by atoms with Crippen molar-refractivity contribution in [3.8, 4) is 17.2 Å². The van der Waals surface area contributed by atoms with Gasteiger partial charge >= 0.3 is 6.18 Å². The van der Waals surface area contributed by atoms with Crippen molar-refractivity contribution in [3.63, 3.8) is 0 Å². The molecule has 0 unspecified atom stereocenters. The zero-order valence-electron chi connectivity index (χ0n) is 11.5. The first-order valence-corrected chi connectivity index (χ1v) is 6.80. The minimum atomic E-state index is -4.38. The van der Waals surface area contributed by atoms with E-state index in [1.54, 1.807) is 0 Å². The Morgan fingerprint density at radius 2 is 1.82 bits per heavy atom. The van der Waals surface area contributed by atoms with E-state index in [0.29, 0.717) is 11.1 Å². The summed E-state index contributed by atoms with van der Waals surface area (Å²) in [5, 5.41) is 9.33. The maximum atomic E-state index is 12.7. The Labute approximate surface area is 125 Å². The molecule has 1 aliphatic rings. The zero-order chi connectivity index (χ0) is 15.9. The molecular formula is C16H12F3N3. The second kappa shape index (κ2) is 5.02. The number of pyridine rings is 1. The van der Waals surface area contributed by atoms with Crippen molar-refractivity contribution in [2.24, 2.45) is 0 Å². The highest BCUT2D eigenvalue weighted by Crippen LogP contribution is 2.37. The Balaban J connectivity index is 2.18. The molecule has 0 atom stereocenters. The maximum Gasteiger partial charge on any atom is 0.416 e. The fourth-order valence-corrected chi connectivity index (χ4v) is 2.86. The van der Waals surface area contributed by atoms with E-state index in [1.165, 1.54) is 12.1 Å². The van der Waals surface area contributed by atoms with Gasteiger partial charge in [0.15, 0.2) is 0 Å². The number of aromatic nitrogens is 1. The molecule has 0 spiro atoms. The molecule has 0 bridgehead atoms. The van der Waals surface area contributed by atoms with Gasteiger partial charge in [0.2, 0.25) is 0 Å². The molecule has 6 heteroatoms. The Morgan fingerprint density at radius 1 is 1.14 bits per heavy atom. The number of aryl methyl sites for hydroxylation is 1. The van der Waals surface area contributed by atoms with Crippen LogP contribution in [0.15, 0.2) is 24.3 Å². The van der Waals surface area contributed by atoms with Crippen molar-refractivity contribution in [1.82, 2.24) is 4.98 Å². The van der Waals surface area contributed by atoms with Gasteiger partial charge in [-0.1, -0.05) is 12.1 Å². The van der Waals surface area contributed by atoms with Crippen molar-refractivity contribution < 1.29 is 13.2 Å². The number of hydrogen-bond acceptors (Lipinski definition) is 3. The Kier molecular flexibility index (Phi) is 3.28. The zero-order valence-corrected chi connectivity index (χ0v) is 11.5. The highest BCUT2D eigenvalue weighted by molar-refractivity contribution is 5.79. The summed E-state index contributed by atoms with van der Waals surface area (Å²) in [5.74, 6) is 0.137. The van der Waals surface area contributed by atoms with Gasteiger partial charge in [0.05, 0.1) is 5.56 Å². The lowest BCUT2D eigenvalue weighted by molar-refractivity contribution is -0.137. The molecule has 0 aliphatic heterocycles. The topological polar surface area (TPSA) is 62.7 Å². The summed E-state index contributed by atoms with van der Waals surface area (Å²) in [5.41, 5.74) is 8.30. The quantitative estimate of drug-likeness (QED) is 0.873. The first kappa shape index (κ1) is 14.4. The average molecular weight is 303 g/mol. The molecule has 3 nitrogen and oxygen atoms in total. The van der Waals surface area contributed by atoms with Crippen LogP contribution >= 0.6 is 0 Å². The maximum absolute atomic E-state index is 12.7. The predicted molar refractivity (Wildman–Crippen MR) is 75.8 cm³/mol. The molecule has 112 valence electrons. The van der Waals surface area contributed by atoms with Crippen LogP contribution in [0.1, 0.15) is 28.8 Å². The monoisotopic (exact) mass is 303 g/mol. The van der Waals surface area contributed by atoms with Gasteiger partial charge in [0.1, 0.15) is 17.5 Å². The molecule has 2 N–H and O–H groups in total. The molecule has 0 saturated heterocycles. The van der Waals surface area contributed by atoms with E-state index in [1.807, 2.05) is 6.07 Å². The van der Waals surface area contributed by atoms with Crippen LogP contribution in [0, 0.1) is 11.3 Å². The van der Waals surface area contributed by atoms with Gasteiger partial charge < -0.3 is 5.73 Å². The van der Waals surface area contributed by atoms with E-state index in [0.717, 1.165) is 42.7 Å². The van der Waals surface area contributed by atoms with Crippen molar-refractivity contribution in [2.75, 3.05) is 5.73 Å². The lowest BCUT2D eigenvalue weighted by Gasteiger charge is -2.13. The fraction of sp³-hybridized carbons (Fsp3) is 0.250. The third-order valence-corrected chi connectivity index (χ3v) is 3.86. The SMILES string of the molecule is N#Cc1c(N)nc2c(c1-c1ccc(C(F)(F)F)cc1)CCC2. The van der Waals surface area contributed by atoms with E-state index in [9.17, 15) is 18.4 Å². The lowest BCUT2D eigenvalue weighted by atomic mass is 9.94. The normalized spacial score (nSPS) is 13.7. The number of nitrogen functional groups attached to an aromatic ring is 1. The van der Waals surface area contributed by atoms with Gasteiger partial charge in [-0.15, -0.1) is 0 Å². The van der Waals surface area contributed by atoms with Crippen LogP contribution in [-0.2, 0) is 19.0 Å². The van der Waals surface area contributed by atoms with E-state index in [4.69, 9.17) is 5.73 Å². The van der Waals surface area contributed by atoms with Crippen LogP contribution < -0.4 is 5.73 Å². The predicted octanol–water partition coefficient (Wildman–Crippen LogP) is 3.71. The molecule has 1 heterocycles. The standard InChI is InChI=1S/C16H12F3N3/c17-16(18,19)10-6-4-9(5-7-10)14-11-2-1-3-13(11)22-15(21)12(14)8-20/h4-7H,1-3H2,(H2,21,22). The van der Waals surface area contributed by atoms with E-state index in [2.05, 4.69) is 4.98 Å². The molecule has 1 aliphatic carbocycles. The highest BCUT2D eigenvalue weighted by Gasteiger charge is 2.30. The summed E-state index contributed by atoms with van der Waals surface area (Å²) in [6, 6.07) is 6.84. The molecule has 0 amide bonds. The Hall–Kier alpha value is -2.55. The van der Waals surface area contributed by atoms with Crippen LogP contribution in [0.2, 0.25) is 0 Å². The van der Waals surface area contributed by atoms with Crippen LogP contribution in [0.25, 0.3) is 11.1 Å². The highest BCUT2D eigenvalue weighted by atomic mass is 19.4. The summed E-state index contributed by atoms with van der Waals surface area (Å²) in [7, 11) is 0. The van der Waals surface area contributed by atoms with Gasteiger partial charge in [-0.3, -0.25) is 0 Å². The second-order valence-corrected chi connectivity index (χ2v) is 5.21. The molecule has 0 fully saturated rings. The number of fused-ring (bicyclic) bond motifs is 1. The Bertz CT molecular complexity index is 770. The van der Waals surface area contributed by atoms with Crippen LogP contribution in [0.3, 0.4) is 0 Å². The van der Waals surface area contributed by atoms with Gasteiger partial charge in [0.25, 0.3) is 0 Å². The largest absolute Gasteiger partial charge is 0.416 e. The van der Waals surface area contributed by atoms with E-state index < -0.39 is 11.7 Å². The van der Waals surface area contributed by atoms with Crippen molar-refractivity contribution in [2.45, 2.75) is 25.4 Å². The van der Waals surface area contributed by atoms with Gasteiger partial charge in [-0.25, -0.2) is 4.98 Å². The number of rotatable bonds is 1. The van der Waals surface area contributed by atoms with Crippen molar-refractivity contribution in [1.29, 1.82) is 5.26 Å². The number of hydrogen-bond donors (Lipinski definition) is 1. The molecule has 22 heavy (non-hydrogen) atoms. The summed E-state index contributed by atoms with van der Waals surface area (Å²) < 4.78 is 38.0. The number of anilines is 1. The van der Waals surface area contributed by atoms with E-state index >= 15 is 0 Å². The Morgan fingerprint density at radius 3 is 2.41 bits per heavy atom. The minimum absolute atomic E-state index is 0.137. The number of halogens is 3. The van der Waals surface area contributed by atoms with Crippen LogP contribution in [-0.4, -0.2) is 4.98 Å². The number of nitrogens with zero attached hydrogens (tertiary/aromatic N) is 2. The number of alkyl halides is 3. The van der Waals surface area contributed by atoms with Gasteiger partial charge in [-0.05, 0) is 42.5 Å². The van der Waals surface area contributed by atoms with E-state index in [-0.39, 0.29) is 11.4 Å². The molecule has 1 aromatic heterocycles. The third kappa shape index (κ3) is 2.29. The van der Waals surface area contributed by atoms with Gasteiger partial charge in [0, 0.05) is 11.3 Å². The number of nitrogens with two attached hydrogens (primary N) is 1. The molecule has 0 radical (unpaired) electrons. The third-order valence-electron chi connectivity index (χ3n) is 3.86. The second-order valence-electron chi connectivity index (χ2n) is 5.21. The summed E-state index contributed by atoms with van der Waals surface area (Å²) in [6.07, 6.45) is -1.94. The first-order chi connectivity index (χ1) is 10.4. The minimum Gasteiger partial charge on any atom is -0.383 e. The molecule has 0 saturated carbocycles. The summed E-state index contributed by atoms with van der Waals surface area (Å²) in [4.78, 5) is 4.24. The number of nitriles is 1. The average Bonchev–Trinajstić information content (AvgIpc) is 2.92. The van der Waals surface area contributed by atoms with Crippen molar-refractivity contribution in [3.05, 3.63) is 46.6 Å². The molecule has 2 aromatic rings. The molecule has 1 aromatic carbocycles.